The maximum Gasteiger partial charge on any atom is 0.264 e. The van der Waals surface area contributed by atoms with E-state index in [4.69, 9.17) is 4.74 Å². The number of sulfonamides is 1. The molecule has 0 aromatic heterocycles. The average molecular weight is 552 g/mol. The molecule has 2 amide bonds. The number of amides is 2. The fourth-order valence-corrected chi connectivity index (χ4v) is 5.61. The lowest BCUT2D eigenvalue weighted by molar-refractivity contribution is -0.139. The van der Waals surface area contributed by atoms with Crippen LogP contribution in [0.15, 0.2) is 83.8 Å². The van der Waals surface area contributed by atoms with Crippen LogP contribution in [-0.4, -0.2) is 50.4 Å². The molecule has 0 saturated heterocycles. The predicted molar refractivity (Wildman–Crippen MR) is 153 cm³/mol. The molecule has 0 saturated carbocycles. The molecular weight excluding hydrogens is 514 g/mol. The van der Waals surface area contributed by atoms with Gasteiger partial charge in [0.1, 0.15) is 18.3 Å². The van der Waals surface area contributed by atoms with Gasteiger partial charge < -0.3 is 15.0 Å². The maximum absolute atomic E-state index is 14.0. The molecule has 3 rings (SSSR count). The second-order valence-electron chi connectivity index (χ2n) is 9.58. The van der Waals surface area contributed by atoms with E-state index in [9.17, 15) is 18.0 Å². The van der Waals surface area contributed by atoms with E-state index in [1.165, 1.54) is 17.0 Å². The number of carbonyl (C=O) groups is 2. The van der Waals surface area contributed by atoms with Crippen LogP contribution in [0, 0.1) is 6.92 Å². The van der Waals surface area contributed by atoms with Crippen molar-refractivity contribution in [1.29, 1.82) is 0 Å². The van der Waals surface area contributed by atoms with E-state index in [0.717, 1.165) is 15.4 Å². The Morgan fingerprint density at radius 3 is 2.23 bits per heavy atom. The minimum absolute atomic E-state index is 0.0416. The Balaban J connectivity index is 2.07. The standard InChI is InChI=1S/C30H37N3O5S/c1-6-38-28-18-11-10-17-27(28)33(39(36,37)26-15-8-7-9-16-26)21-29(34)32(24(5)30(35)31-22(2)3)20-25-14-12-13-23(4)19-25/h7-19,22,24H,6,20-21H2,1-5H3,(H,31,35)/t24-/m0/s1. The van der Waals surface area contributed by atoms with Crippen molar-refractivity contribution >= 4 is 27.5 Å². The number of nitrogens with zero attached hydrogens (tertiary/aromatic N) is 2. The van der Waals surface area contributed by atoms with Gasteiger partial charge in [-0.1, -0.05) is 60.2 Å². The van der Waals surface area contributed by atoms with Crippen LogP contribution < -0.4 is 14.4 Å². The second-order valence-corrected chi connectivity index (χ2v) is 11.4. The predicted octanol–water partition coefficient (Wildman–Crippen LogP) is 4.53. The van der Waals surface area contributed by atoms with E-state index in [1.54, 1.807) is 56.3 Å². The lowest BCUT2D eigenvalue weighted by Crippen LogP contribution is -2.52. The summed E-state index contributed by atoms with van der Waals surface area (Å²) in [5, 5.41) is 2.86. The van der Waals surface area contributed by atoms with Gasteiger partial charge >= 0.3 is 0 Å². The summed E-state index contributed by atoms with van der Waals surface area (Å²) in [7, 11) is -4.16. The molecule has 0 aliphatic rings. The summed E-state index contributed by atoms with van der Waals surface area (Å²) >= 11 is 0. The lowest BCUT2D eigenvalue weighted by Gasteiger charge is -2.32. The zero-order valence-electron chi connectivity index (χ0n) is 23.1. The molecular formula is C30H37N3O5S. The summed E-state index contributed by atoms with van der Waals surface area (Å²) in [6.07, 6.45) is 0. The van der Waals surface area contributed by atoms with Gasteiger partial charge in [0.05, 0.1) is 17.2 Å². The van der Waals surface area contributed by atoms with Gasteiger partial charge in [0.2, 0.25) is 11.8 Å². The number of aryl methyl sites for hydroxylation is 1. The van der Waals surface area contributed by atoms with Crippen molar-refractivity contribution in [2.45, 2.75) is 58.1 Å². The molecule has 3 aromatic carbocycles. The van der Waals surface area contributed by atoms with E-state index < -0.39 is 28.5 Å². The van der Waals surface area contributed by atoms with Gasteiger partial charge in [0.15, 0.2) is 0 Å². The van der Waals surface area contributed by atoms with Gasteiger partial charge in [0.25, 0.3) is 10.0 Å². The first-order chi connectivity index (χ1) is 18.5. The molecule has 1 N–H and O–H groups in total. The topological polar surface area (TPSA) is 96.0 Å². The number of benzene rings is 3. The van der Waals surface area contributed by atoms with Crippen LogP contribution in [0.3, 0.4) is 0 Å². The van der Waals surface area contributed by atoms with Crippen molar-refractivity contribution in [3.05, 3.63) is 90.0 Å². The molecule has 0 heterocycles. The fraction of sp³-hybridized carbons (Fsp3) is 0.333. The third-order valence-corrected chi connectivity index (χ3v) is 7.85. The summed E-state index contributed by atoms with van der Waals surface area (Å²) in [6.45, 7) is 9.02. The summed E-state index contributed by atoms with van der Waals surface area (Å²) in [5.41, 5.74) is 2.09. The number of hydrogen-bond acceptors (Lipinski definition) is 5. The molecule has 0 bridgehead atoms. The molecule has 3 aromatic rings. The van der Waals surface area contributed by atoms with Crippen LogP contribution >= 0.6 is 0 Å². The molecule has 1 atom stereocenters. The zero-order chi connectivity index (χ0) is 28.6. The number of hydrogen-bond donors (Lipinski definition) is 1. The van der Waals surface area contributed by atoms with Gasteiger partial charge in [-0.25, -0.2) is 8.42 Å². The Labute approximate surface area is 231 Å². The fourth-order valence-electron chi connectivity index (χ4n) is 4.17. The molecule has 0 radical (unpaired) electrons. The zero-order valence-corrected chi connectivity index (χ0v) is 23.9. The molecule has 0 unspecified atom stereocenters. The first-order valence-electron chi connectivity index (χ1n) is 13.0. The monoisotopic (exact) mass is 551 g/mol. The number of nitrogens with one attached hydrogen (secondary N) is 1. The van der Waals surface area contributed by atoms with Crippen LogP contribution in [-0.2, 0) is 26.2 Å². The summed E-state index contributed by atoms with van der Waals surface area (Å²) in [6, 6.07) is 21.4. The van der Waals surface area contributed by atoms with Crippen molar-refractivity contribution in [2.75, 3.05) is 17.5 Å². The molecule has 0 aliphatic carbocycles. The van der Waals surface area contributed by atoms with Crippen molar-refractivity contribution in [2.24, 2.45) is 0 Å². The first-order valence-corrected chi connectivity index (χ1v) is 14.4. The normalized spacial score (nSPS) is 12.1. The summed E-state index contributed by atoms with van der Waals surface area (Å²) < 4.78 is 34.6. The van der Waals surface area contributed by atoms with E-state index >= 15 is 0 Å². The van der Waals surface area contributed by atoms with Gasteiger partial charge in [-0.2, -0.15) is 0 Å². The van der Waals surface area contributed by atoms with Crippen molar-refractivity contribution in [3.63, 3.8) is 0 Å². The number of anilines is 1. The number of para-hydroxylation sites is 2. The Hall–Kier alpha value is -3.85. The molecule has 208 valence electrons. The third-order valence-electron chi connectivity index (χ3n) is 6.08. The third kappa shape index (κ3) is 7.60. The van der Waals surface area contributed by atoms with Gasteiger partial charge in [-0.3, -0.25) is 13.9 Å². The van der Waals surface area contributed by atoms with Crippen molar-refractivity contribution in [3.8, 4) is 5.75 Å². The van der Waals surface area contributed by atoms with Gasteiger partial charge in [0, 0.05) is 12.6 Å². The first kappa shape index (κ1) is 29.7. The summed E-state index contributed by atoms with van der Waals surface area (Å²) in [4.78, 5) is 28.5. The minimum atomic E-state index is -4.16. The van der Waals surface area contributed by atoms with E-state index in [0.29, 0.717) is 12.4 Å². The highest BCUT2D eigenvalue weighted by molar-refractivity contribution is 7.92. The highest BCUT2D eigenvalue weighted by atomic mass is 32.2. The Morgan fingerprint density at radius 1 is 0.923 bits per heavy atom. The van der Waals surface area contributed by atoms with Crippen LogP contribution in [0.1, 0.15) is 38.8 Å². The minimum Gasteiger partial charge on any atom is -0.492 e. The average Bonchev–Trinajstić information content (AvgIpc) is 2.90. The van der Waals surface area contributed by atoms with E-state index in [2.05, 4.69) is 5.32 Å². The smallest absolute Gasteiger partial charge is 0.264 e. The van der Waals surface area contributed by atoms with Crippen LogP contribution in [0.25, 0.3) is 0 Å². The van der Waals surface area contributed by atoms with E-state index in [1.807, 2.05) is 45.0 Å². The van der Waals surface area contributed by atoms with Crippen LogP contribution in [0.4, 0.5) is 5.69 Å². The lowest BCUT2D eigenvalue weighted by atomic mass is 10.1. The molecule has 8 nitrogen and oxygen atoms in total. The van der Waals surface area contributed by atoms with Gasteiger partial charge in [-0.05, 0) is 64.4 Å². The largest absolute Gasteiger partial charge is 0.492 e. The molecule has 9 heteroatoms. The molecule has 0 aliphatic heterocycles. The van der Waals surface area contributed by atoms with Crippen LogP contribution in [0.5, 0.6) is 5.75 Å². The maximum atomic E-state index is 14.0. The number of ether oxygens (including phenoxy) is 1. The Kier molecular flexibility index (Phi) is 10.1. The summed E-state index contributed by atoms with van der Waals surface area (Å²) in [5.74, 6) is -0.505. The molecule has 0 spiro atoms. The molecule has 39 heavy (non-hydrogen) atoms. The number of carbonyl (C=O) groups excluding carboxylic acids is 2. The van der Waals surface area contributed by atoms with Gasteiger partial charge in [-0.15, -0.1) is 0 Å². The highest BCUT2D eigenvalue weighted by Crippen LogP contribution is 2.32. The highest BCUT2D eigenvalue weighted by Gasteiger charge is 2.33. The Bertz CT molecular complexity index is 1380. The molecule has 0 fully saturated rings. The quantitative estimate of drug-likeness (QED) is 0.357. The second kappa shape index (κ2) is 13.3. The SMILES string of the molecule is CCOc1ccccc1N(CC(=O)N(Cc1cccc(C)c1)[C@@H](C)C(=O)NC(C)C)S(=O)(=O)c1ccccc1. The van der Waals surface area contributed by atoms with E-state index in [-0.39, 0.29) is 29.1 Å². The Morgan fingerprint density at radius 2 is 1.59 bits per heavy atom. The number of rotatable bonds is 12. The van der Waals surface area contributed by atoms with Crippen molar-refractivity contribution < 1.29 is 22.7 Å². The van der Waals surface area contributed by atoms with Crippen LogP contribution in [0.2, 0.25) is 0 Å². The van der Waals surface area contributed by atoms with Crippen molar-refractivity contribution in [1.82, 2.24) is 10.2 Å².